The molecular formula is C27H29BrFN5O4. The molecule has 0 saturated carbocycles. The van der Waals surface area contributed by atoms with Gasteiger partial charge in [0.15, 0.2) is 0 Å². The number of halogens is 2. The molecule has 1 unspecified atom stereocenters. The summed E-state index contributed by atoms with van der Waals surface area (Å²) >= 11 is 3.25. The van der Waals surface area contributed by atoms with Gasteiger partial charge in [-0.05, 0) is 64.0 Å². The fraction of sp³-hybridized carbons (Fsp3) is 0.333. The molecule has 1 saturated heterocycles. The van der Waals surface area contributed by atoms with E-state index in [2.05, 4.69) is 43.1 Å². The molecule has 0 bridgehead atoms. The van der Waals surface area contributed by atoms with Crippen molar-refractivity contribution >= 4 is 56.0 Å². The van der Waals surface area contributed by atoms with Crippen LogP contribution in [0.25, 0.3) is 10.9 Å². The molecule has 0 spiro atoms. The molecule has 11 heteroatoms. The molecule has 0 aliphatic carbocycles. The number of carbonyl (C=O) groups is 2. The van der Waals surface area contributed by atoms with E-state index in [0.717, 1.165) is 12.5 Å². The second kappa shape index (κ2) is 11.3. The first-order chi connectivity index (χ1) is 18.0. The van der Waals surface area contributed by atoms with Crippen LogP contribution >= 0.6 is 15.9 Å². The quantitative estimate of drug-likeness (QED) is 0.333. The summed E-state index contributed by atoms with van der Waals surface area (Å²) in [5, 5.41) is 6.30. The smallest absolute Gasteiger partial charge is 0.410 e. The minimum Gasteiger partial charge on any atom is -0.486 e. The summed E-state index contributed by atoms with van der Waals surface area (Å²) in [5.41, 5.74) is 0.516. The first kappa shape index (κ1) is 27.3. The molecule has 1 aliphatic heterocycles. The van der Waals surface area contributed by atoms with E-state index < -0.39 is 23.4 Å². The molecule has 4 rings (SSSR count). The maximum Gasteiger partial charge on any atom is 0.410 e. The standard InChI is InChI=1S/C27H29BrFN5O4/c1-5-24(35)32-22-12-18-21(30-15-31-25(18)33-20-9-8-16(28)11-19(20)29)13-23(22)37-17-7-6-10-34(14-17)26(36)38-27(2,3)4/h5,8-9,11-13,15,17H,1,6-7,10,14H2,2-4H3,(H,32,35)(H,30,31,33). The van der Waals surface area contributed by atoms with Crippen molar-refractivity contribution in [2.45, 2.75) is 45.3 Å². The van der Waals surface area contributed by atoms with Gasteiger partial charge in [0.05, 0.1) is 23.4 Å². The predicted molar refractivity (Wildman–Crippen MR) is 147 cm³/mol. The third kappa shape index (κ3) is 6.77. The van der Waals surface area contributed by atoms with Crippen LogP contribution in [-0.4, -0.2) is 51.7 Å². The van der Waals surface area contributed by atoms with Gasteiger partial charge >= 0.3 is 6.09 Å². The first-order valence-electron chi connectivity index (χ1n) is 12.1. The Morgan fingerprint density at radius 1 is 1.21 bits per heavy atom. The highest BCUT2D eigenvalue weighted by Crippen LogP contribution is 2.35. The minimum atomic E-state index is -0.601. The molecule has 200 valence electrons. The van der Waals surface area contributed by atoms with Gasteiger partial charge in [0.1, 0.15) is 35.4 Å². The molecule has 2 heterocycles. The number of piperidine rings is 1. The van der Waals surface area contributed by atoms with E-state index in [1.807, 2.05) is 20.8 Å². The van der Waals surface area contributed by atoms with Crippen LogP contribution in [0.1, 0.15) is 33.6 Å². The number of anilines is 3. The SMILES string of the molecule is C=CC(=O)Nc1cc2c(Nc3ccc(Br)cc3F)ncnc2cc1OC1CCCN(C(=O)OC(C)(C)C)C1. The van der Waals surface area contributed by atoms with Crippen molar-refractivity contribution < 1.29 is 23.5 Å². The maximum atomic E-state index is 14.5. The first-order valence-corrected chi connectivity index (χ1v) is 12.9. The predicted octanol–water partition coefficient (Wildman–Crippen LogP) is 6.18. The van der Waals surface area contributed by atoms with Crippen LogP contribution in [0.15, 0.2) is 53.8 Å². The third-order valence-electron chi connectivity index (χ3n) is 5.69. The number of hydrogen-bond acceptors (Lipinski definition) is 7. The summed E-state index contributed by atoms with van der Waals surface area (Å²) in [7, 11) is 0. The Kier molecular flexibility index (Phi) is 8.15. The topological polar surface area (TPSA) is 106 Å². The van der Waals surface area contributed by atoms with Crippen LogP contribution in [0.3, 0.4) is 0 Å². The highest BCUT2D eigenvalue weighted by atomic mass is 79.9. The van der Waals surface area contributed by atoms with Crippen LogP contribution < -0.4 is 15.4 Å². The molecule has 1 aromatic heterocycles. The van der Waals surface area contributed by atoms with Crippen molar-refractivity contribution in [2.75, 3.05) is 23.7 Å². The Labute approximate surface area is 228 Å². The Morgan fingerprint density at radius 3 is 2.71 bits per heavy atom. The molecule has 3 aromatic rings. The zero-order chi connectivity index (χ0) is 27.4. The molecule has 2 amide bonds. The number of ether oxygens (including phenoxy) is 2. The number of hydrogen-bond donors (Lipinski definition) is 2. The Balaban J connectivity index is 1.64. The summed E-state index contributed by atoms with van der Waals surface area (Å²) in [6.45, 7) is 9.89. The van der Waals surface area contributed by atoms with Crippen molar-refractivity contribution in [1.82, 2.24) is 14.9 Å². The summed E-state index contributed by atoms with van der Waals surface area (Å²) in [6, 6.07) is 7.99. The number of rotatable bonds is 6. The molecule has 1 aliphatic rings. The molecule has 1 atom stereocenters. The number of likely N-dealkylation sites (tertiary alicyclic amines) is 1. The molecule has 2 N–H and O–H groups in total. The van der Waals surface area contributed by atoms with E-state index in [4.69, 9.17) is 9.47 Å². The molecule has 1 fully saturated rings. The number of amides is 2. The zero-order valence-corrected chi connectivity index (χ0v) is 23.0. The number of benzene rings is 2. The highest BCUT2D eigenvalue weighted by molar-refractivity contribution is 9.10. The fourth-order valence-corrected chi connectivity index (χ4v) is 4.32. The zero-order valence-electron chi connectivity index (χ0n) is 21.4. The average molecular weight is 586 g/mol. The van der Waals surface area contributed by atoms with Gasteiger partial charge in [0.25, 0.3) is 0 Å². The average Bonchev–Trinajstić information content (AvgIpc) is 2.85. The summed E-state index contributed by atoms with van der Waals surface area (Å²) in [5.74, 6) is -0.162. The summed E-state index contributed by atoms with van der Waals surface area (Å²) in [6.07, 6.45) is 3.23. The van der Waals surface area contributed by atoms with Gasteiger partial charge < -0.3 is 25.0 Å². The van der Waals surface area contributed by atoms with Crippen LogP contribution in [0.5, 0.6) is 5.75 Å². The normalized spacial score (nSPS) is 15.6. The van der Waals surface area contributed by atoms with Crippen LogP contribution in [0.2, 0.25) is 0 Å². The van der Waals surface area contributed by atoms with Gasteiger partial charge in [-0.3, -0.25) is 4.79 Å². The van der Waals surface area contributed by atoms with Crippen molar-refractivity contribution in [3.05, 3.63) is 59.6 Å². The van der Waals surface area contributed by atoms with Crippen LogP contribution in [-0.2, 0) is 9.53 Å². The van der Waals surface area contributed by atoms with E-state index >= 15 is 0 Å². The Bertz CT molecular complexity index is 1380. The minimum absolute atomic E-state index is 0.231. The van der Waals surface area contributed by atoms with Gasteiger partial charge in [0, 0.05) is 22.5 Å². The lowest BCUT2D eigenvalue weighted by Crippen LogP contribution is -2.46. The number of nitrogens with zero attached hydrogens (tertiary/aromatic N) is 3. The van der Waals surface area contributed by atoms with Crippen molar-refractivity contribution in [1.29, 1.82) is 0 Å². The lowest BCUT2D eigenvalue weighted by atomic mass is 10.1. The Hall–Kier alpha value is -3.73. The summed E-state index contributed by atoms with van der Waals surface area (Å²) in [4.78, 5) is 35.1. The van der Waals surface area contributed by atoms with Crippen molar-refractivity contribution in [3.8, 4) is 5.75 Å². The highest BCUT2D eigenvalue weighted by Gasteiger charge is 2.29. The van der Waals surface area contributed by atoms with E-state index in [-0.39, 0.29) is 11.8 Å². The fourth-order valence-electron chi connectivity index (χ4n) is 3.99. The Morgan fingerprint density at radius 2 is 2.00 bits per heavy atom. The van der Waals surface area contributed by atoms with E-state index in [9.17, 15) is 14.0 Å². The second-order valence-electron chi connectivity index (χ2n) is 9.84. The molecule has 9 nitrogen and oxygen atoms in total. The van der Waals surface area contributed by atoms with Crippen molar-refractivity contribution in [3.63, 3.8) is 0 Å². The largest absolute Gasteiger partial charge is 0.486 e. The molecule has 2 aromatic carbocycles. The van der Waals surface area contributed by atoms with Gasteiger partial charge in [-0.1, -0.05) is 22.5 Å². The third-order valence-corrected chi connectivity index (χ3v) is 6.18. The lowest BCUT2D eigenvalue weighted by Gasteiger charge is -2.34. The number of carbonyl (C=O) groups excluding carboxylic acids is 2. The molecule has 38 heavy (non-hydrogen) atoms. The van der Waals surface area contributed by atoms with Crippen LogP contribution in [0, 0.1) is 5.82 Å². The summed E-state index contributed by atoms with van der Waals surface area (Å²) < 4.78 is 26.9. The number of fused-ring (bicyclic) bond motifs is 1. The van der Waals surface area contributed by atoms with Gasteiger partial charge in [-0.25, -0.2) is 19.2 Å². The lowest BCUT2D eigenvalue weighted by molar-refractivity contribution is -0.111. The van der Waals surface area contributed by atoms with Gasteiger partial charge in [-0.2, -0.15) is 0 Å². The van der Waals surface area contributed by atoms with E-state index in [1.54, 1.807) is 29.2 Å². The van der Waals surface area contributed by atoms with Gasteiger partial charge in [0.2, 0.25) is 5.91 Å². The van der Waals surface area contributed by atoms with Crippen molar-refractivity contribution in [2.24, 2.45) is 0 Å². The second-order valence-corrected chi connectivity index (χ2v) is 10.8. The maximum absolute atomic E-state index is 14.5. The molecular weight excluding hydrogens is 557 g/mol. The number of aromatic nitrogens is 2. The number of nitrogens with one attached hydrogen (secondary N) is 2. The van der Waals surface area contributed by atoms with E-state index in [1.165, 1.54) is 12.4 Å². The monoisotopic (exact) mass is 585 g/mol. The molecule has 0 radical (unpaired) electrons. The van der Waals surface area contributed by atoms with Crippen LogP contribution in [0.4, 0.5) is 26.4 Å². The van der Waals surface area contributed by atoms with Gasteiger partial charge in [-0.15, -0.1) is 0 Å². The van der Waals surface area contributed by atoms with E-state index in [0.29, 0.717) is 52.1 Å².